The van der Waals surface area contributed by atoms with Gasteiger partial charge in [0, 0.05) is 18.3 Å². The molecule has 1 amide bonds. The van der Waals surface area contributed by atoms with Crippen LogP contribution >= 0.6 is 11.8 Å². The van der Waals surface area contributed by atoms with Crippen molar-refractivity contribution in [1.82, 2.24) is 19.9 Å². The maximum atomic E-state index is 13.0. The zero-order chi connectivity index (χ0) is 21.3. The number of thioether (sulfide) groups is 1. The Balaban J connectivity index is 1.46. The third-order valence-electron chi connectivity index (χ3n) is 5.08. The van der Waals surface area contributed by atoms with Gasteiger partial charge < -0.3 is 19.8 Å². The molecule has 0 fully saturated rings. The standard InChI is InChI=1S/C21H24N4O4S/c1-4-13(3)25-20(27)19-15(7-12(2)23-19)24-21(25)30-10-18(26)22-9-14-5-6-16-17(8-14)29-11-28-16/h5-8,13,23H,4,9-11H2,1-3H3,(H,22,26). The van der Waals surface area contributed by atoms with Crippen LogP contribution in [0.5, 0.6) is 11.5 Å². The van der Waals surface area contributed by atoms with Gasteiger partial charge in [0.05, 0.1) is 11.3 Å². The second-order valence-corrected chi connectivity index (χ2v) is 8.23. The highest BCUT2D eigenvalue weighted by Gasteiger charge is 2.18. The smallest absolute Gasteiger partial charge is 0.278 e. The number of nitrogens with one attached hydrogen (secondary N) is 2. The first-order chi connectivity index (χ1) is 14.5. The lowest BCUT2D eigenvalue weighted by Crippen LogP contribution is -2.28. The first-order valence-electron chi connectivity index (χ1n) is 9.86. The summed E-state index contributed by atoms with van der Waals surface area (Å²) in [7, 11) is 0. The van der Waals surface area contributed by atoms with Gasteiger partial charge in [-0.2, -0.15) is 0 Å². The molecule has 158 valence electrons. The van der Waals surface area contributed by atoms with Crippen LogP contribution in [0.4, 0.5) is 0 Å². The Hall–Kier alpha value is -2.94. The Labute approximate surface area is 178 Å². The van der Waals surface area contributed by atoms with Gasteiger partial charge in [0.1, 0.15) is 5.52 Å². The van der Waals surface area contributed by atoms with Crippen LogP contribution in [-0.2, 0) is 11.3 Å². The van der Waals surface area contributed by atoms with Gasteiger partial charge in [-0.3, -0.25) is 14.2 Å². The molecule has 0 saturated heterocycles. The van der Waals surface area contributed by atoms with Crippen LogP contribution < -0.4 is 20.3 Å². The predicted octanol–water partition coefficient (Wildman–Crippen LogP) is 3.14. The summed E-state index contributed by atoms with van der Waals surface area (Å²) in [6.07, 6.45) is 0.788. The molecule has 1 unspecified atom stereocenters. The normalized spacial score (nSPS) is 13.6. The van der Waals surface area contributed by atoms with Crippen LogP contribution in [0.25, 0.3) is 11.0 Å². The maximum absolute atomic E-state index is 13.0. The van der Waals surface area contributed by atoms with E-state index in [0.29, 0.717) is 34.2 Å². The minimum absolute atomic E-state index is 0.0165. The second kappa shape index (κ2) is 8.43. The van der Waals surface area contributed by atoms with E-state index >= 15 is 0 Å². The third-order valence-corrected chi connectivity index (χ3v) is 6.03. The van der Waals surface area contributed by atoms with Crippen molar-refractivity contribution in [3.05, 3.63) is 45.9 Å². The first-order valence-corrected chi connectivity index (χ1v) is 10.8. The summed E-state index contributed by atoms with van der Waals surface area (Å²) < 4.78 is 12.3. The highest BCUT2D eigenvalue weighted by Crippen LogP contribution is 2.32. The Morgan fingerprint density at radius 2 is 2.13 bits per heavy atom. The number of benzene rings is 1. The zero-order valence-electron chi connectivity index (χ0n) is 17.2. The molecule has 9 heteroatoms. The lowest BCUT2D eigenvalue weighted by atomic mass is 10.2. The summed E-state index contributed by atoms with van der Waals surface area (Å²) in [6, 6.07) is 7.42. The van der Waals surface area contributed by atoms with E-state index in [1.54, 1.807) is 4.57 Å². The summed E-state index contributed by atoms with van der Waals surface area (Å²) in [6.45, 7) is 6.50. The summed E-state index contributed by atoms with van der Waals surface area (Å²) in [5.74, 6) is 1.44. The van der Waals surface area contributed by atoms with Crippen molar-refractivity contribution in [2.45, 2.75) is 44.9 Å². The molecule has 2 aromatic heterocycles. The summed E-state index contributed by atoms with van der Waals surface area (Å²) in [5.41, 5.74) is 2.83. The Kier molecular flexibility index (Phi) is 5.72. The molecule has 3 heterocycles. The monoisotopic (exact) mass is 428 g/mol. The van der Waals surface area contributed by atoms with Crippen LogP contribution in [0.1, 0.15) is 37.6 Å². The van der Waals surface area contributed by atoms with Crippen molar-refractivity contribution in [3.63, 3.8) is 0 Å². The minimum atomic E-state index is -0.132. The van der Waals surface area contributed by atoms with Crippen molar-refractivity contribution in [3.8, 4) is 11.5 Å². The molecule has 0 saturated carbocycles. The van der Waals surface area contributed by atoms with Crippen molar-refractivity contribution in [1.29, 1.82) is 0 Å². The van der Waals surface area contributed by atoms with E-state index in [2.05, 4.69) is 15.3 Å². The second-order valence-electron chi connectivity index (χ2n) is 7.29. The lowest BCUT2D eigenvalue weighted by Gasteiger charge is -2.17. The minimum Gasteiger partial charge on any atom is -0.454 e. The Morgan fingerprint density at radius 1 is 1.33 bits per heavy atom. The van der Waals surface area contributed by atoms with Crippen molar-refractivity contribution >= 4 is 28.7 Å². The van der Waals surface area contributed by atoms with E-state index < -0.39 is 0 Å². The number of rotatable bonds is 7. The van der Waals surface area contributed by atoms with Gasteiger partial charge in [0.15, 0.2) is 16.7 Å². The van der Waals surface area contributed by atoms with Crippen molar-refractivity contribution < 1.29 is 14.3 Å². The molecule has 1 atom stereocenters. The van der Waals surface area contributed by atoms with Gasteiger partial charge >= 0.3 is 0 Å². The molecule has 0 bridgehead atoms. The highest BCUT2D eigenvalue weighted by molar-refractivity contribution is 7.99. The molecule has 1 aliphatic heterocycles. The van der Waals surface area contributed by atoms with E-state index in [1.807, 2.05) is 45.0 Å². The van der Waals surface area contributed by atoms with Gasteiger partial charge in [0.2, 0.25) is 12.7 Å². The number of carbonyl (C=O) groups is 1. The highest BCUT2D eigenvalue weighted by atomic mass is 32.2. The van der Waals surface area contributed by atoms with Gasteiger partial charge in [-0.05, 0) is 44.0 Å². The van der Waals surface area contributed by atoms with Crippen LogP contribution in [0, 0.1) is 6.92 Å². The fraction of sp³-hybridized carbons (Fsp3) is 0.381. The molecule has 0 spiro atoms. The van der Waals surface area contributed by atoms with Gasteiger partial charge in [-0.1, -0.05) is 24.8 Å². The first kappa shape index (κ1) is 20.3. The van der Waals surface area contributed by atoms with Crippen LogP contribution in [-0.4, -0.2) is 33.0 Å². The number of carbonyl (C=O) groups excluding carboxylic acids is 1. The number of hydrogen-bond donors (Lipinski definition) is 2. The van der Waals surface area contributed by atoms with Crippen LogP contribution in [0.15, 0.2) is 34.2 Å². The average Bonchev–Trinajstić information content (AvgIpc) is 3.35. The molecule has 1 aliphatic rings. The zero-order valence-corrected chi connectivity index (χ0v) is 18.0. The lowest BCUT2D eigenvalue weighted by molar-refractivity contribution is -0.118. The van der Waals surface area contributed by atoms with E-state index in [-0.39, 0.29) is 30.1 Å². The molecular formula is C21H24N4O4S. The average molecular weight is 429 g/mol. The predicted molar refractivity (Wildman–Crippen MR) is 115 cm³/mol. The van der Waals surface area contributed by atoms with Crippen LogP contribution in [0.2, 0.25) is 0 Å². The topological polar surface area (TPSA) is 98.2 Å². The molecule has 1 aromatic carbocycles. The number of hydrogen-bond acceptors (Lipinski definition) is 6. The number of aromatic amines is 1. The quantitative estimate of drug-likeness (QED) is 0.443. The summed E-state index contributed by atoms with van der Waals surface area (Å²) in [5, 5.41) is 3.46. The molecule has 3 aromatic rings. The number of amides is 1. The molecular weight excluding hydrogens is 404 g/mol. The molecule has 0 radical (unpaired) electrons. The Morgan fingerprint density at radius 3 is 2.93 bits per heavy atom. The maximum Gasteiger partial charge on any atom is 0.278 e. The number of ether oxygens (including phenoxy) is 2. The number of fused-ring (bicyclic) bond motifs is 2. The number of nitrogens with zero attached hydrogens (tertiary/aromatic N) is 2. The van der Waals surface area contributed by atoms with Gasteiger partial charge in [-0.25, -0.2) is 4.98 Å². The van der Waals surface area contributed by atoms with E-state index in [9.17, 15) is 9.59 Å². The fourth-order valence-electron chi connectivity index (χ4n) is 3.30. The fourth-order valence-corrected chi connectivity index (χ4v) is 4.22. The molecule has 8 nitrogen and oxygen atoms in total. The SMILES string of the molecule is CCC(C)n1c(SCC(=O)NCc2ccc3c(c2)OCO3)nc2cc(C)[nH]c2c1=O. The summed E-state index contributed by atoms with van der Waals surface area (Å²) in [4.78, 5) is 33.1. The number of H-pyrrole nitrogens is 1. The molecule has 30 heavy (non-hydrogen) atoms. The van der Waals surface area contributed by atoms with E-state index in [4.69, 9.17) is 9.47 Å². The largest absolute Gasteiger partial charge is 0.454 e. The Bertz CT molecular complexity index is 1150. The molecule has 2 N–H and O–H groups in total. The van der Waals surface area contributed by atoms with Gasteiger partial charge in [0.25, 0.3) is 5.56 Å². The third kappa shape index (κ3) is 4.02. The van der Waals surface area contributed by atoms with Crippen molar-refractivity contribution in [2.24, 2.45) is 0 Å². The molecule has 4 rings (SSSR count). The van der Waals surface area contributed by atoms with Crippen LogP contribution in [0.3, 0.4) is 0 Å². The van der Waals surface area contributed by atoms with Gasteiger partial charge in [-0.15, -0.1) is 0 Å². The number of aryl methyl sites for hydroxylation is 1. The van der Waals surface area contributed by atoms with E-state index in [0.717, 1.165) is 17.7 Å². The molecule has 0 aliphatic carbocycles. The van der Waals surface area contributed by atoms with Crippen molar-refractivity contribution in [2.75, 3.05) is 12.5 Å². The summed E-state index contributed by atoms with van der Waals surface area (Å²) >= 11 is 1.27. The number of aromatic nitrogens is 3. The van der Waals surface area contributed by atoms with E-state index in [1.165, 1.54) is 11.8 Å².